The first-order chi connectivity index (χ1) is 13.9. The molecule has 0 radical (unpaired) electrons. The summed E-state index contributed by atoms with van der Waals surface area (Å²) in [5.74, 6) is 0.556. The van der Waals surface area contributed by atoms with E-state index < -0.39 is 11.7 Å². The Kier molecular flexibility index (Phi) is 6.56. The molecule has 1 fully saturated rings. The van der Waals surface area contributed by atoms with Crippen LogP contribution in [-0.4, -0.2) is 36.6 Å². The molecule has 156 valence electrons. The number of nitrogens with zero attached hydrogens (tertiary/aromatic N) is 3. The molecule has 1 aliphatic rings. The van der Waals surface area contributed by atoms with Gasteiger partial charge in [-0.3, -0.25) is 0 Å². The van der Waals surface area contributed by atoms with Crippen molar-refractivity contribution in [3.8, 4) is 0 Å². The van der Waals surface area contributed by atoms with Crippen molar-refractivity contribution in [2.75, 3.05) is 24.5 Å². The van der Waals surface area contributed by atoms with E-state index in [0.29, 0.717) is 37.0 Å². The fourth-order valence-electron chi connectivity index (χ4n) is 3.16. The SMILES string of the molecule is CCNC(=NCc1ccc(C(F)(F)F)cc1)NC1CCN(c2ncccc2F)C1. The zero-order chi connectivity index (χ0) is 20.9. The number of hydrogen-bond acceptors (Lipinski definition) is 3. The highest BCUT2D eigenvalue weighted by Gasteiger charge is 2.30. The second-order valence-corrected chi connectivity index (χ2v) is 6.77. The molecular weight excluding hydrogens is 386 g/mol. The van der Waals surface area contributed by atoms with Gasteiger partial charge >= 0.3 is 6.18 Å². The van der Waals surface area contributed by atoms with Gasteiger partial charge in [0.25, 0.3) is 0 Å². The molecule has 1 saturated heterocycles. The van der Waals surface area contributed by atoms with Crippen LogP contribution in [0.4, 0.5) is 23.4 Å². The quantitative estimate of drug-likeness (QED) is 0.450. The van der Waals surface area contributed by atoms with Gasteiger partial charge in [-0.2, -0.15) is 13.2 Å². The zero-order valence-electron chi connectivity index (χ0n) is 16.0. The Morgan fingerprint density at radius 2 is 2.00 bits per heavy atom. The summed E-state index contributed by atoms with van der Waals surface area (Å²) in [5, 5.41) is 6.44. The molecule has 1 aromatic carbocycles. The number of aromatic nitrogens is 1. The van der Waals surface area contributed by atoms with Crippen molar-refractivity contribution >= 4 is 11.8 Å². The van der Waals surface area contributed by atoms with E-state index >= 15 is 0 Å². The fraction of sp³-hybridized carbons (Fsp3) is 0.400. The standard InChI is InChI=1S/C20H23F4N5/c1-2-25-19(27-12-14-5-7-15(8-6-14)20(22,23)24)28-16-9-11-29(13-16)18-17(21)4-3-10-26-18/h3-8,10,16H,2,9,11-13H2,1H3,(H2,25,27,28). The van der Waals surface area contributed by atoms with Crippen molar-refractivity contribution in [1.29, 1.82) is 0 Å². The summed E-state index contributed by atoms with van der Waals surface area (Å²) in [6.07, 6.45) is -1.99. The highest BCUT2D eigenvalue weighted by molar-refractivity contribution is 5.80. The van der Waals surface area contributed by atoms with Crippen LogP contribution in [-0.2, 0) is 12.7 Å². The zero-order valence-corrected chi connectivity index (χ0v) is 16.0. The predicted molar refractivity (Wildman–Crippen MR) is 104 cm³/mol. The smallest absolute Gasteiger partial charge is 0.357 e. The Hall–Kier alpha value is -2.84. The van der Waals surface area contributed by atoms with Crippen molar-refractivity contribution in [2.24, 2.45) is 4.99 Å². The Balaban J connectivity index is 1.61. The number of aliphatic imine (C=N–C) groups is 1. The maximum absolute atomic E-state index is 13.9. The van der Waals surface area contributed by atoms with Gasteiger partial charge < -0.3 is 15.5 Å². The van der Waals surface area contributed by atoms with Crippen LogP contribution in [0, 0.1) is 5.82 Å². The Morgan fingerprint density at radius 3 is 2.66 bits per heavy atom. The molecule has 0 saturated carbocycles. The van der Waals surface area contributed by atoms with Crippen LogP contribution in [0.3, 0.4) is 0 Å². The molecule has 5 nitrogen and oxygen atoms in total. The summed E-state index contributed by atoms with van der Waals surface area (Å²) in [5.41, 5.74) is 0.00173. The topological polar surface area (TPSA) is 52.6 Å². The van der Waals surface area contributed by atoms with Gasteiger partial charge in [0.2, 0.25) is 0 Å². The first-order valence-electron chi connectivity index (χ1n) is 9.43. The lowest BCUT2D eigenvalue weighted by molar-refractivity contribution is -0.137. The van der Waals surface area contributed by atoms with Crippen molar-refractivity contribution < 1.29 is 17.6 Å². The van der Waals surface area contributed by atoms with E-state index in [0.717, 1.165) is 18.6 Å². The molecule has 1 aliphatic heterocycles. The van der Waals surface area contributed by atoms with Crippen LogP contribution in [0.1, 0.15) is 24.5 Å². The fourth-order valence-corrected chi connectivity index (χ4v) is 3.16. The third kappa shape index (κ3) is 5.58. The largest absolute Gasteiger partial charge is 0.416 e. The van der Waals surface area contributed by atoms with Gasteiger partial charge in [0.1, 0.15) is 0 Å². The second-order valence-electron chi connectivity index (χ2n) is 6.77. The van der Waals surface area contributed by atoms with Crippen LogP contribution in [0.2, 0.25) is 0 Å². The van der Waals surface area contributed by atoms with E-state index in [1.807, 2.05) is 11.8 Å². The number of halogens is 4. The van der Waals surface area contributed by atoms with Gasteiger partial charge in [0.05, 0.1) is 12.1 Å². The Labute approximate surface area is 166 Å². The van der Waals surface area contributed by atoms with Crippen molar-refractivity contribution in [1.82, 2.24) is 15.6 Å². The summed E-state index contributed by atoms with van der Waals surface area (Å²) in [6, 6.07) is 7.97. The van der Waals surface area contributed by atoms with E-state index in [-0.39, 0.29) is 18.4 Å². The lowest BCUT2D eigenvalue weighted by atomic mass is 10.1. The molecule has 1 unspecified atom stereocenters. The highest BCUT2D eigenvalue weighted by atomic mass is 19.4. The number of benzene rings is 1. The monoisotopic (exact) mass is 409 g/mol. The molecule has 29 heavy (non-hydrogen) atoms. The van der Waals surface area contributed by atoms with E-state index in [2.05, 4.69) is 20.6 Å². The summed E-state index contributed by atoms with van der Waals surface area (Å²) >= 11 is 0. The number of alkyl halides is 3. The van der Waals surface area contributed by atoms with Crippen molar-refractivity contribution in [3.63, 3.8) is 0 Å². The Morgan fingerprint density at radius 1 is 1.24 bits per heavy atom. The number of rotatable bonds is 5. The molecular formula is C20H23F4N5. The molecule has 1 atom stereocenters. The number of anilines is 1. The number of hydrogen-bond donors (Lipinski definition) is 2. The summed E-state index contributed by atoms with van der Waals surface area (Å²) < 4.78 is 51.9. The van der Waals surface area contributed by atoms with Gasteiger partial charge in [-0.05, 0) is 43.2 Å². The predicted octanol–water partition coefficient (Wildman–Crippen LogP) is 3.57. The molecule has 0 amide bonds. The minimum absolute atomic E-state index is 0.0572. The van der Waals surface area contributed by atoms with Crippen LogP contribution in [0.5, 0.6) is 0 Å². The van der Waals surface area contributed by atoms with Crippen LogP contribution in [0.15, 0.2) is 47.6 Å². The van der Waals surface area contributed by atoms with Gasteiger partial charge in [-0.25, -0.2) is 14.4 Å². The first-order valence-corrected chi connectivity index (χ1v) is 9.43. The van der Waals surface area contributed by atoms with Crippen LogP contribution in [0.25, 0.3) is 0 Å². The molecule has 1 aromatic heterocycles. The molecule has 0 bridgehead atoms. The molecule has 0 aliphatic carbocycles. The van der Waals surface area contributed by atoms with E-state index in [9.17, 15) is 17.6 Å². The second kappa shape index (κ2) is 9.11. The third-order valence-electron chi connectivity index (χ3n) is 4.61. The van der Waals surface area contributed by atoms with Gasteiger partial charge in [-0.15, -0.1) is 0 Å². The van der Waals surface area contributed by atoms with Crippen LogP contribution >= 0.6 is 0 Å². The van der Waals surface area contributed by atoms with E-state index in [1.165, 1.54) is 18.2 Å². The molecule has 2 heterocycles. The van der Waals surface area contributed by atoms with Gasteiger partial charge in [-0.1, -0.05) is 12.1 Å². The maximum Gasteiger partial charge on any atom is 0.416 e. The average Bonchev–Trinajstić information content (AvgIpc) is 3.14. The Bertz CT molecular complexity index is 836. The number of guanidine groups is 1. The van der Waals surface area contributed by atoms with Crippen LogP contribution < -0.4 is 15.5 Å². The lowest BCUT2D eigenvalue weighted by Crippen LogP contribution is -2.44. The average molecular weight is 409 g/mol. The minimum Gasteiger partial charge on any atom is -0.357 e. The number of pyridine rings is 1. The summed E-state index contributed by atoms with van der Waals surface area (Å²) in [7, 11) is 0. The lowest BCUT2D eigenvalue weighted by Gasteiger charge is -2.20. The molecule has 2 N–H and O–H groups in total. The third-order valence-corrected chi connectivity index (χ3v) is 4.61. The first kappa shape index (κ1) is 20.9. The van der Waals surface area contributed by atoms with Crippen molar-refractivity contribution in [2.45, 2.75) is 32.1 Å². The van der Waals surface area contributed by atoms with E-state index in [1.54, 1.807) is 12.3 Å². The van der Waals surface area contributed by atoms with E-state index in [4.69, 9.17) is 0 Å². The molecule has 0 spiro atoms. The summed E-state index contributed by atoms with van der Waals surface area (Å²) in [6.45, 7) is 4.07. The molecule has 2 aromatic rings. The minimum atomic E-state index is -4.35. The maximum atomic E-state index is 13.9. The van der Waals surface area contributed by atoms with Gasteiger partial charge in [0.15, 0.2) is 17.6 Å². The van der Waals surface area contributed by atoms with Crippen molar-refractivity contribution in [3.05, 3.63) is 59.5 Å². The van der Waals surface area contributed by atoms with Gasteiger partial charge in [0, 0.05) is 31.9 Å². The highest BCUT2D eigenvalue weighted by Crippen LogP contribution is 2.29. The summed E-state index contributed by atoms with van der Waals surface area (Å²) in [4.78, 5) is 10.4. The normalized spacial score (nSPS) is 17.5. The molecule has 3 rings (SSSR count). The number of nitrogens with one attached hydrogen (secondary N) is 2. The molecule has 9 heteroatoms.